The van der Waals surface area contributed by atoms with Gasteiger partial charge in [-0.25, -0.2) is 4.98 Å². The van der Waals surface area contributed by atoms with Gasteiger partial charge in [0.25, 0.3) is 11.8 Å². The molecule has 4 rings (SSSR count). The van der Waals surface area contributed by atoms with Crippen molar-refractivity contribution in [3.63, 3.8) is 0 Å². The van der Waals surface area contributed by atoms with Gasteiger partial charge in [0.15, 0.2) is 0 Å². The first-order valence-electron chi connectivity index (χ1n) is 9.76. The second-order valence-electron chi connectivity index (χ2n) is 7.81. The van der Waals surface area contributed by atoms with E-state index in [9.17, 15) is 9.59 Å². The summed E-state index contributed by atoms with van der Waals surface area (Å²) in [6.07, 6.45) is 3.38. The van der Waals surface area contributed by atoms with E-state index in [1.165, 1.54) is 0 Å². The highest BCUT2D eigenvalue weighted by Gasteiger charge is 2.35. The number of carbonyl (C=O) groups excluding carboxylic acids is 2. The van der Waals surface area contributed by atoms with Gasteiger partial charge in [-0.2, -0.15) is 5.10 Å². The van der Waals surface area contributed by atoms with Gasteiger partial charge in [0.05, 0.1) is 5.69 Å². The van der Waals surface area contributed by atoms with E-state index < -0.39 is 6.04 Å². The number of nitrogens with one attached hydrogen (secondary N) is 1. The molecule has 8 heteroatoms. The molecule has 0 radical (unpaired) electrons. The topological polar surface area (TPSA) is 83.4 Å². The molecule has 4 heterocycles. The SMILES string of the molecule is Cc1cc(N2CCC(NC(=O)c3ccnc(N4CCC(C)C4)c3)C2=O)n(C)n1. The Labute approximate surface area is 164 Å². The van der Waals surface area contributed by atoms with E-state index in [-0.39, 0.29) is 11.8 Å². The second-order valence-corrected chi connectivity index (χ2v) is 7.81. The van der Waals surface area contributed by atoms with E-state index in [2.05, 4.69) is 27.2 Å². The standard InChI is InChI=1S/C20H26N6O2/c1-13-5-8-25(12-13)17-11-15(4-7-21-17)19(27)22-16-6-9-26(20(16)28)18-10-14(2)23-24(18)3/h4,7,10-11,13,16H,5-6,8-9,12H2,1-3H3,(H,22,27). The fourth-order valence-corrected chi connectivity index (χ4v) is 4.01. The highest BCUT2D eigenvalue weighted by molar-refractivity contribution is 6.03. The van der Waals surface area contributed by atoms with Crippen LogP contribution in [0.15, 0.2) is 24.4 Å². The average molecular weight is 382 g/mol. The zero-order valence-electron chi connectivity index (χ0n) is 16.6. The molecule has 0 spiro atoms. The van der Waals surface area contributed by atoms with Gasteiger partial charge in [-0.1, -0.05) is 6.92 Å². The maximum absolute atomic E-state index is 12.8. The zero-order chi connectivity index (χ0) is 19.8. The molecule has 8 nitrogen and oxygen atoms in total. The van der Waals surface area contributed by atoms with Gasteiger partial charge in [-0.3, -0.25) is 19.2 Å². The van der Waals surface area contributed by atoms with E-state index >= 15 is 0 Å². The summed E-state index contributed by atoms with van der Waals surface area (Å²) in [5.41, 5.74) is 1.39. The summed E-state index contributed by atoms with van der Waals surface area (Å²) in [6, 6.07) is 4.87. The summed E-state index contributed by atoms with van der Waals surface area (Å²) in [6.45, 7) is 6.59. The van der Waals surface area contributed by atoms with Crippen LogP contribution in [-0.2, 0) is 11.8 Å². The number of hydrogen-bond acceptors (Lipinski definition) is 5. The van der Waals surface area contributed by atoms with Crippen molar-refractivity contribution in [2.45, 2.75) is 32.7 Å². The number of hydrogen-bond donors (Lipinski definition) is 1. The highest BCUT2D eigenvalue weighted by atomic mass is 16.2. The van der Waals surface area contributed by atoms with Crippen molar-refractivity contribution in [3.05, 3.63) is 35.7 Å². The van der Waals surface area contributed by atoms with Crippen LogP contribution < -0.4 is 15.1 Å². The molecule has 2 aromatic rings. The molecule has 2 atom stereocenters. The van der Waals surface area contributed by atoms with Gasteiger partial charge >= 0.3 is 0 Å². The van der Waals surface area contributed by atoms with Gasteiger partial charge in [0.2, 0.25) is 0 Å². The Bertz CT molecular complexity index is 908. The van der Waals surface area contributed by atoms with Crippen LogP contribution >= 0.6 is 0 Å². The number of amides is 2. The Kier molecular flexibility index (Phi) is 4.78. The quantitative estimate of drug-likeness (QED) is 0.867. The van der Waals surface area contributed by atoms with Crippen LogP contribution in [0.1, 0.15) is 35.8 Å². The number of aromatic nitrogens is 3. The molecule has 0 saturated carbocycles. The molecular formula is C20H26N6O2. The number of pyridine rings is 1. The zero-order valence-corrected chi connectivity index (χ0v) is 16.6. The summed E-state index contributed by atoms with van der Waals surface area (Å²) >= 11 is 0. The van der Waals surface area contributed by atoms with Gasteiger partial charge < -0.3 is 10.2 Å². The van der Waals surface area contributed by atoms with E-state index in [1.807, 2.05) is 26.1 Å². The molecule has 2 unspecified atom stereocenters. The first-order chi connectivity index (χ1) is 13.4. The fraction of sp³-hybridized carbons (Fsp3) is 0.500. The Hall–Kier alpha value is -2.90. The average Bonchev–Trinajstić information content (AvgIpc) is 3.35. The molecule has 2 fully saturated rings. The third-order valence-electron chi connectivity index (χ3n) is 5.52. The Morgan fingerprint density at radius 3 is 2.75 bits per heavy atom. The van der Waals surface area contributed by atoms with Crippen LogP contribution in [0.4, 0.5) is 11.6 Å². The number of rotatable bonds is 4. The van der Waals surface area contributed by atoms with E-state index in [4.69, 9.17) is 0 Å². The molecule has 0 bridgehead atoms. The Balaban J connectivity index is 1.44. The van der Waals surface area contributed by atoms with Gasteiger partial charge in [0, 0.05) is 44.5 Å². The normalized spacial score (nSPS) is 22.2. The molecule has 1 N–H and O–H groups in total. The van der Waals surface area contributed by atoms with Gasteiger partial charge in [-0.15, -0.1) is 0 Å². The molecule has 28 heavy (non-hydrogen) atoms. The molecule has 2 aliphatic rings. The molecule has 2 amide bonds. The Morgan fingerprint density at radius 2 is 2.07 bits per heavy atom. The van der Waals surface area contributed by atoms with Crippen molar-refractivity contribution < 1.29 is 9.59 Å². The number of anilines is 2. The molecule has 2 aromatic heterocycles. The lowest BCUT2D eigenvalue weighted by Gasteiger charge is -2.18. The first-order valence-corrected chi connectivity index (χ1v) is 9.76. The maximum atomic E-state index is 12.8. The van der Waals surface area contributed by atoms with Crippen LogP contribution in [0, 0.1) is 12.8 Å². The Morgan fingerprint density at radius 1 is 1.25 bits per heavy atom. The van der Waals surface area contributed by atoms with Crippen LogP contribution in [0.3, 0.4) is 0 Å². The summed E-state index contributed by atoms with van der Waals surface area (Å²) in [7, 11) is 1.82. The van der Waals surface area contributed by atoms with Gasteiger partial charge in [0.1, 0.15) is 17.7 Å². The summed E-state index contributed by atoms with van der Waals surface area (Å²) in [4.78, 5) is 33.8. The lowest BCUT2D eigenvalue weighted by molar-refractivity contribution is -0.118. The monoisotopic (exact) mass is 382 g/mol. The number of nitrogens with zero attached hydrogens (tertiary/aromatic N) is 5. The smallest absolute Gasteiger partial charge is 0.252 e. The lowest BCUT2D eigenvalue weighted by atomic mass is 10.2. The van der Waals surface area contributed by atoms with E-state index in [1.54, 1.807) is 21.8 Å². The predicted molar refractivity (Wildman–Crippen MR) is 106 cm³/mol. The van der Waals surface area contributed by atoms with E-state index in [0.29, 0.717) is 24.4 Å². The van der Waals surface area contributed by atoms with Crippen LogP contribution in [0.2, 0.25) is 0 Å². The molecule has 0 aromatic carbocycles. The lowest BCUT2D eigenvalue weighted by Crippen LogP contribution is -2.42. The van der Waals surface area contributed by atoms with Crippen LogP contribution in [0.5, 0.6) is 0 Å². The minimum absolute atomic E-state index is 0.0982. The number of carbonyl (C=O) groups is 2. The maximum Gasteiger partial charge on any atom is 0.252 e. The third-order valence-corrected chi connectivity index (χ3v) is 5.52. The van der Waals surface area contributed by atoms with Crippen molar-refractivity contribution >= 4 is 23.5 Å². The molecule has 2 aliphatic heterocycles. The summed E-state index contributed by atoms with van der Waals surface area (Å²) in [5.74, 6) is 1.88. The van der Waals surface area contributed by atoms with Crippen molar-refractivity contribution in [1.29, 1.82) is 0 Å². The largest absolute Gasteiger partial charge is 0.356 e. The molecule has 2 saturated heterocycles. The van der Waals surface area contributed by atoms with E-state index in [0.717, 1.165) is 36.8 Å². The van der Waals surface area contributed by atoms with Crippen molar-refractivity contribution in [2.24, 2.45) is 13.0 Å². The molecular weight excluding hydrogens is 356 g/mol. The summed E-state index contributed by atoms with van der Waals surface area (Å²) in [5, 5.41) is 7.19. The van der Waals surface area contributed by atoms with Crippen LogP contribution in [-0.4, -0.2) is 52.3 Å². The molecule has 148 valence electrons. The first kappa shape index (κ1) is 18.5. The predicted octanol–water partition coefficient (Wildman–Crippen LogP) is 1.51. The van der Waals surface area contributed by atoms with Crippen LogP contribution in [0.25, 0.3) is 0 Å². The van der Waals surface area contributed by atoms with Gasteiger partial charge in [-0.05, 0) is 37.8 Å². The van der Waals surface area contributed by atoms with Crippen molar-refractivity contribution in [2.75, 3.05) is 29.4 Å². The number of aryl methyl sites for hydroxylation is 2. The highest BCUT2D eigenvalue weighted by Crippen LogP contribution is 2.24. The minimum atomic E-state index is -0.522. The minimum Gasteiger partial charge on any atom is -0.356 e. The second kappa shape index (κ2) is 7.26. The molecule has 0 aliphatic carbocycles. The summed E-state index contributed by atoms with van der Waals surface area (Å²) < 4.78 is 1.70. The van der Waals surface area contributed by atoms with Crippen molar-refractivity contribution in [3.8, 4) is 0 Å². The third kappa shape index (κ3) is 3.46. The van der Waals surface area contributed by atoms with Crippen molar-refractivity contribution in [1.82, 2.24) is 20.1 Å². The fourth-order valence-electron chi connectivity index (χ4n) is 4.01.